The number of benzene rings is 1. The van der Waals surface area contributed by atoms with Crippen molar-refractivity contribution in [1.82, 2.24) is 4.90 Å². The maximum Gasteiger partial charge on any atom is 0.222 e. The minimum atomic E-state index is 0.210. The van der Waals surface area contributed by atoms with Gasteiger partial charge in [0.25, 0.3) is 0 Å². The number of amides is 1. The Morgan fingerprint density at radius 2 is 2.19 bits per heavy atom. The van der Waals surface area contributed by atoms with Crippen molar-refractivity contribution in [1.29, 1.82) is 0 Å². The van der Waals surface area contributed by atoms with Gasteiger partial charge in [-0.05, 0) is 31.2 Å². The summed E-state index contributed by atoms with van der Waals surface area (Å²) in [7, 11) is 0. The van der Waals surface area contributed by atoms with Gasteiger partial charge in [-0.25, -0.2) is 0 Å². The van der Waals surface area contributed by atoms with Crippen molar-refractivity contribution in [2.45, 2.75) is 38.2 Å². The van der Waals surface area contributed by atoms with E-state index in [9.17, 15) is 4.79 Å². The molecule has 1 unspecified atom stereocenters. The SMILES string of the molecule is C=CCN(CCc1ccccc1)C(=O)CCC1CCCO1. The summed E-state index contributed by atoms with van der Waals surface area (Å²) in [6, 6.07) is 10.3. The molecule has 1 fully saturated rings. The monoisotopic (exact) mass is 287 g/mol. The maximum atomic E-state index is 12.3. The van der Waals surface area contributed by atoms with Crippen LogP contribution < -0.4 is 0 Å². The van der Waals surface area contributed by atoms with Gasteiger partial charge in [-0.2, -0.15) is 0 Å². The molecule has 0 aromatic heterocycles. The summed E-state index contributed by atoms with van der Waals surface area (Å²) < 4.78 is 5.58. The van der Waals surface area contributed by atoms with E-state index in [1.54, 1.807) is 6.08 Å². The van der Waals surface area contributed by atoms with Gasteiger partial charge in [0.05, 0.1) is 6.10 Å². The zero-order valence-electron chi connectivity index (χ0n) is 12.7. The summed E-state index contributed by atoms with van der Waals surface area (Å²) in [4.78, 5) is 14.2. The van der Waals surface area contributed by atoms with Crippen molar-refractivity contribution in [3.8, 4) is 0 Å². The highest BCUT2D eigenvalue weighted by molar-refractivity contribution is 5.76. The molecule has 0 aliphatic carbocycles. The Labute approximate surface area is 127 Å². The Morgan fingerprint density at radius 3 is 2.86 bits per heavy atom. The largest absolute Gasteiger partial charge is 0.378 e. The molecule has 0 bridgehead atoms. The molecule has 1 amide bonds. The van der Waals surface area contributed by atoms with Crippen molar-refractivity contribution in [3.05, 3.63) is 48.6 Å². The lowest BCUT2D eigenvalue weighted by Crippen LogP contribution is -2.33. The van der Waals surface area contributed by atoms with E-state index in [0.717, 1.165) is 38.8 Å². The Morgan fingerprint density at radius 1 is 1.38 bits per heavy atom. The van der Waals surface area contributed by atoms with E-state index in [1.807, 2.05) is 23.1 Å². The van der Waals surface area contributed by atoms with Crippen molar-refractivity contribution in [3.63, 3.8) is 0 Å². The molecule has 1 aromatic rings. The molecular weight excluding hydrogens is 262 g/mol. The minimum absolute atomic E-state index is 0.210. The van der Waals surface area contributed by atoms with Crippen LogP contribution in [0, 0.1) is 0 Å². The van der Waals surface area contributed by atoms with Crippen LogP contribution in [-0.4, -0.2) is 36.6 Å². The Bertz CT molecular complexity index is 438. The van der Waals surface area contributed by atoms with Gasteiger partial charge >= 0.3 is 0 Å². The van der Waals surface area contributed by atoms with Crippen LogP contribution in [0.25, 0.3) is 0 Å². The molecule has 1 saturated heterocycles. The fourth-order valence-corrected chi connectivity index (χ4v) is 2.70. The first-order chi connectivity index (χ1) is 10.3. The highest BCUT2D eigenvalue weighted by Crippen LogP contribution is 2.17. The van der Waals surface area contributed by atoms with E-state index in [0.29, 0.717) is 13.0 Å². The molecule has 1 atom stereocenters. The lowest BCUT2D eigenvalue weighted by atomic mass is 10.1. The minimum Gasteiger partial charge on any atom is -0.378 e. The summed E-state index contributed by atoms with van der Waals surface area (Å²) in [5, 5.41) is 0. The summed E-state index contributed by atoms with van der Waals surface area (Å²) >= 11 is 0. The highest BCUT2D eigenvalue weighted by Gasteiger charge is 2.19. The first-order valence-corrected chi connectivity index (χ1v) is 7.84. The first kappa shape index (κ1) is 15.8. The van der Waals surface area contributed by atoms with Crippen LogP contribution >= 0.6 is 0 Å². The third-order valence-corrected chi connectivity index (χ3v) is 3.92. The average molecular weight is 287 g/mol. The van der Waals surface area contributed by atoms with Gasteiger partial charge in [0.2, 0.25) is 5.91 Å². The quantitative estimate of drug-likeness (QED) is 0.687. The molecule has 0 saturated carbocycles. The normalized spacial score (nSPS) is 17.6. The number of carbonyl (C=O) groups is 1. The zero-order chi connectivity index (χ0) is 14.9. The van der Waals surface area contributed by atoms with Crippen LogP contribution in [-0.2, 0) is 16.0 Å². The highest BCUT2D eigenvalue weighted by atomic mass is 16.5. The summed E-state index contributed by atoms with van der Waals surface area (Å²) in [5.41, 5.74) is 1.26. The molecule has 2 rings (SSSR count). The molecule has 0 spiro atoms. The maximum absolute atomic E-state index is 12.3. The van der Waals surface area contributed by atoms with Gasteiger partial charge < -0.3 is 9.64 Å². The lowest BCUT2D eigenvalue weighted by molar-refractivity contribution is -0.131. The number of ether oxygens (including phenoxy) is 1. The predicted molar refractivity (Wildman–Crippen MR) is 85.1 cm³/mol. The number of hydrogen-bond donors (Lipinski definition) is 0. The summed E-state index contributed by atoms with van der Waals surface area (Å²) in [5.74, 6) is 0.210. The second kappa shape index (κ2) is 8.63. The van der Waals surface area contributed by atoms with Crippen LogP contribution in [0.3, 0.4) is 0 Å². The standard InChI is InChI=1S/C18H25NO2/c1-2-13-19(14-12-16-7-4-3-5-8-16)18(20)11-10-17-9-6-15-21-17/h2-5,7-8,17H,1,6,9-15H2. The first-order valence-electron chi connectivity index (χ1n) is 7.84. The Kier molecular flexibility index (Phi) is 6.48. The van der Waals surface area contributed by atoms with Crippen LogP contribution in [0.15, 0.2) is 43.0 Å². The van der Waals surface area contributed by atoms with Crippen molar-refractivity contribution >= 4 is 5.91 Å². The van der Waals surface area contributed by atoms with Crippen LogP contribution in [0.4, 0.5) is 0 Å². The summed E-state index contributed by atoms with van der Waals surface area (Å²) in [6.07, 6.45) is 6.62. The molecule has 1 aromatic carbocycles. The molecule has 0 N–H and O–H groups in total. The third-order valence-electron chi connectivity index (χ3n) is 3.92. The van der Waals surface area contributed by atoms with Crippen molar-refractivity contribution < 1.29 is 9.53 Å². The second-order valence-electron chi connectivity index (χ2n) is 5.54. The summed E-state index contributed by atoms with van der Waals surface area (Å²) in [6.45, 7) is 5.98. The van der Waals surface area contributed by atoms with Crippen LogP contribution in [0.5, 0.6) is 0 Å². The van der Waals surface area contributed by atoms with Crippen molar-refractivity contribution in [2.75, 3.05) is 19.7 Å². The molecule has 1 aliphatic heterocycles. The molecule has 21 heavy (non-hydrogen) atoms. The number of rotatable bonds is 8. The topological polar surface area (TPSA) is 29.5 Å². The van der Waals surface area contributed by atoms with E-state index in [2.05, 4.69) is 18.7 Å². The molecule has 3 heteroatoms. The molecular formula is C18H25NO2. The van der Waals surface area contributed by atoms with Crippen molar-refractivity contribution in [2.24, 2.45) is 0 Å². The van der Waals surface area contributed by atoms with E-state index in [1.165, 1.54) is 5.56 Å². The van der Waals surface area contributed by atoms with Crippen LogP contribution in [0.2, 0.25) is 0 Å². The molecule has 1 aliphatic rings. The lowest BCUT2D eigenvalue weighted by Gasteiger charge is -2.22. The van der Waals surface area contributed by atoms with Gasteiger partial charge in [-0.15, -0.1) is 6.58 Å². The number of hydrogen-bond acceptors (Lipinski definition) is 2. The number of nitrogens with zero attached hydrogens (tertiary/aromatic N) is 1. The third kappa shape index (κ3) is 5.35. The Hall–Kier alpha value is -1.61. The molecule has 1 heterocycles. The van der Waals surface area contributed by atoms with Gasteiger partial charge in [0.1, 0.15) is 0 Å². The van der Waals surface area contributed by atoms with Gasteiger partial charge in [0.15, 0.2) is 0 Å². The zero-order valence-corrected chi connectivity index (χ0v) is 12.7. The van der Waals surface area contributed by atoms with Crippen LogP contribution in [0.1, 0.15) is 31.2 Å². The van der Waals surface area contributed by atoms with E-state index < -0.39 is 0 Å². The van der Waals surface area contributed by atoms with E-state index >= 15 is 0 Å². The second-order valence-corrected chi connectivity index (χ2v) is 5.54. The Balaban J connectivity index is 1.79. The fourth-order valence-electron chi connectivity index (χ4n) is 2.70. The van der Waals surface area contributed by atoms with Gasteiger partial charge in [-0.3, -0.25) is 4.79 Å². The number of carbonyl (C=O) groups excluding carboxylic acids is 1. The molecule has 3 nitrogen and oxygen atoms in total. The smallest absolute Gasteiger partial charge is 0.222 e. The molecule has 114 valence electrons. The average Bonchev–Trinajstić information content (AvgIpc) is 3.03. The van der Waals surface area contributed by atoms with Gasteiger partial charge in [-0.1, -0.05) is 36.4 Å². The van der Waals surface area contributed by atoms with E-state index in [-0.39, 0.29) is 12.0 Å². The van der Waals surface area contributed by atoms with Gasteiger partial charge in [0, 0.05) is 26.1 Å². The van der Waals surface area contributed by atoms with E-state index in [4.69, 9.17) is 4.74 Å². The predicted octanol–water partition coefficient (Wildman–Crippen LogP) is 3.20. The molecule has 0 radical (unpaired) electrons. The fraction of sp³-hybridized carbons (Fsp3) is 0.500.